The van der Waals surface area contributed by atoms with Gasteiger partial charge in [0.15, 0.2) is 11.5 Å². The maximum absolute atomic E-state index is 13.9. The number of nitrogens with zero attached hydrogens (tertiary/aromatic N) is 1. The van der Waals surface area contributed by atoms with Crippen LogP contribution in [0.15, 0.2) is 64.2 Å². The second-order valence-corrected chi connectivity index (χ2v) is 7.99. The van der Waals surface area contributed by atoms with Crippen molar-refractivity contribution in [3.05, 3.63) is 76.0 Å². The Hall–Kier alpha value is -4.12. The van der Waals surface area contributed by atoms with Gasteiger partial charge in [-0.15, -0.1) is 0 Å². The molecule has 0 spiro atoms. The number of hydrogen-bond donors (Lipinski definition) is 2. The molecule has 2 amide bonds. The van der Waals surface area contributed by atoms with Crippen LogP contribution in [-0.4, -0.2) is 39.4 Å². The van der Waals surface area contributed by atoms with E-state index in [1.54, 1.807) is 48.5 Å². The molecule has 11 heteroatoms. The van der Waals surface area contributed by atoms with Gasteiger partial charge in [0.25, 0.3) is 0 Å². The molecule has 0 saturated heterocycles. The van der Waals surface area contributed by atoms with Crippen molar-refractivity contribution in [2.24, 2.45) is 5.10 Å². The average molecular weight is 560 g/mol. The van der Waals surface area contributed by atoms with E-state index in [0.29, 0.717) is 44.3 Å². The molecule has 0 aromatic heterocycles. The number of methoxy groups -OCH3 is 3. The Morgan fingerprint density at radius 3 is 2.42 bits per heavy atom. The van der Waals surface area contributed by atoms with E-state index in [4.69, 9.17) is 18.9 Å². The summed E-state index contributed by atoms with van der Waals surface area (Å²) in [6.07, 6.45) is 1.33. The van der Waals surface area contributed by atoms with Crippen LogP contribution >= 0.6 is 15.9 Å². The molecular formula is C25H23BrFN3O6. The Labute approximate surface area is 215 Å². The minimum Gasteiger partial charge on any atom is -0.497 e. The van der Waals surface area contributed by atoms with Crippen molar-refractivity contribution in [1.82, 2.24) is 5.43 Å². The first-order chi connectivity index (χ1) is 17.4. The monoisotopic (exact) mass is 559 g/mol. The SMILES string of the molecule is COc1ccc(NC(=O)C(=O)N/N=C/c2cc(Br)c(OCc3ccccc3F)c(OC)c2)c(OC)c1. The topological polar surface area (TPSA) is 107 Å². The van der Waals surface area contributed by atoms with E-state index in [9.17, 15) is 14.0 Å². The third-order valence-electron chi connectivity index (χ3n) is 4.82. The van der Waals surface area contributed by atoms with E-state index in [1.807, 2.05) is 0 Å². The van der Waals surface area contributed by atoms with Crippen LogP contribution in [0.5, 0.6) is 23.0 Å². The summed E-state index contributed by atoms with van der Waals surface area (Å²) in [4.78, 5) is 24.4. The molecule has 0 aliphatic heterocycles. The van der Waals surface area contributed by atoms with Crippen molar-refractivity contribution in [2.75, 3.05) is 26.6 Å². The summed E-state index contributed by atoms with van der Waals surface area (Å²) in [5, 5.41) is 6.27. The minimum atomic E-state index is -0.986. The standard InChI is InChI=1S/C25H23BrFN3O6/c1-33-17-8-9-20(21(12-17)34-2)29-24(31)25(32)30-28-13-15-10-18(26)23(22(11-15)35-3)36-14-16-6-4-5-7-19(16)27/h4-13H,14H2,1-3H3,(H,29,31)(H,30,32)/b28-13+. The van der Waals surface area contributed by atoms with Gasteiger partial charge in [0.2, 0.25) is 0 Å². The molecular weight excluding hydrogens is 537 g/mol. The van der Waals surface area contributed by atoms with Gasteiger partial charge in [-0.2, -0.15) is 5.10 Å². The highest BCUT2D eigenvalue weighted by molar-refractivity contribution is 9.10. The van der Waals surface area contributed by atoms with Crippen molar-refractivity contribution in [1.29, 1.82) is 0 Å². The maximum atomic E-state index is 13.9. The first-order valence-corrected chi connectivity index (χ1v) is 11.3. The lowest BCUT2D eigenvalue weighted by Crippen LogP contribution is -2.32. The van der Waals surface area contributed by atoms with Gasteiger partial charge in [-0.1, -0.05) is 18.2 Å². The molecule has 3 aromatic carbocycles. The predicted octanol–water partition coefficient (Wildman–Crippen LogP) is 4.28. The number of benzene rings is 3. The Morgan fingerprint density at radius 2 is 1.72 bits per heavy atom. The Balaban J connectivity index is 1.64. The molecule has 0 fully saturated rings. The van der Waals surface area contributed by atoms with Crippen molar-refractivity contribution < 1.29 is 32.9 Å². The summed E-state index contributed by atoms with van der Waals surface area (Å²) in [5.74, 6) is -0.710. The summed E-state index contributed by atoms with van der Waals surface area (Å²) in [7, 11) is 4.38. The Bertz CT molecular complexity index is 1280. The summed E-state index contributed by atoms with van der Waals surface area (Å²) in [6, 6.07) is 14.3. The lowest BCUT2D eigenvalue weighted by molar-refractivity contribution is -0.136. The fourth-order valence-electron chi connectivity index (χ4n) is 3.02. The van der Waals surface area contributed by atoms with Crippen LogP contribution in [0.4, 0.5) is 10.1 Å². The fourth-order valence-corrected chi connectivity index (χ4v) is 3.59. The zero-order valence-corrected chi connectivity index (χ0v) is 21.2. The average Bonchev–Trinajstić information content (AvgIpc) is 2.88. The quantitative estimate of drug-likeness (QED) is 0.230. The summed E-state index contributed by atoms with van der Waals surface area (Å²) >= 11 is 3.40. The number of carbonyl (C=O) groups excluding carboxylic acids is 2. The number of carbonyl (C=O) groups is 2. The maximum Gasteiger partial charge on any atom is 0.329 e. The largest absolute Gasteiger partial charge is 0.497 e. The highest BCUT2D eigenvalue weighted by Gasteiger charge is 2.16. The molecule has 3 rings (SSSR count). The second-order valence-electron chi connectivity index (χ2n) is 7.13. The zero-order valence-electron chi connectivity index (χ0n) is 19.6. The van der Waals surface area contributed by atoms with E-state index in [2.05, 4.69) is 31.8 Å². The second kappa shape index (κ2) is 12.5. The van der Waals surface area contributed by atoms with Crippen LogP contribution in [0, 0.1) is 5.82 Å². The normalized spacial score (nSPS) is 10.6. The summed E-state index contributed by atoms with van der Waals surface area (Å²) < 4.78 is 35.8. The molecule has 0 aliphatic carbocycles. The summed E-state index contributed by atoms with van der Waals surface area (Å²) in [6.45, 7) is -0.000775. The van der Waals surface area contributed by atoms with E-state index < -0.39 is 11.8 Å². The highest BCUT2D eigenvalue weighted by Crippen LogP contribution is 2.37. The lowest BCUT2D eigenvalue weighted by Gasteiger charge is -2.14. The number of rotatable bonds is 9. The third-order valence-corrected chi connectivity index (χ3v) is 5.41. The molecule has 0 unspecified atom stereocenters. The van der Waals surface area contributed by atoms with Crippen LogP contribution in [0.2, 0.25) is 0 Å². The van der Waals surface area contributed by atoms with Gasteiger partial charge in [0.05, 0.1) is 37.7 Å². The van der Waals surface area contributed by atoms with Gasteiger partial charge in [0, 0.05) is 11.6 Å². The van der Waals surface area contributed by atoms with Gasteiger partial charge in [-0.3, -0.25) is 9.59 Å². The highest BCUT2D eigenvalue weighted by atomic mass is 79.9. The zero-order chi connectivity index (χ0) is 26.1. The lowest BCUT2D eigenvalue weighted by atomic mass is 10.2. The molecule has 3 aromatic rings. The molecule has 2 N–H and O–H groups in total. The van der Waals surface area contributed by atoms with Gasteiger partial charge >= 0.3 is 11.8 Å². The van der Waals surface area contributed by atoms with Gasteiger partial charge in [0.1, 0.15) is 23.9 Å². The Kier molecular flexibility index (Phi) is 9.23. The van der Waals surface area contributed by atoms with Crippen LogP contribution in [0.1, 0.15) is 11.1 Å². The van der Waals surface area contributed by atoms with Crippen molar-refractivity contribution in [3.63, 3.8) is 0 Å². The van der Waals surface area contributed by atoms with E-state index in [-0.39, 0.29) is 12.4 Å². The first kappa shape index (κ1) is 26.5. The van der Waals surface area contributed by atoms with Crippen molar-refractivity contribution >= 4 is 39.6 Å². The molecule has 0 saturated carbocycles. The molecule has 0 radical (unpaired) electrons. The molecule has 0 atom stereocenters. The number of ether oxygens (including phenoxy) is 4. The molecule has 0 heterocycles. The number of hydrazone groups is 1. The van der Waals surface area contributed by atoms with Crippen LogP contribution in [-0.2, 0) is 16.2 Å². The van der Waals surface area contributed by atoms with E-state index >= 15 is 0 Å². The molecule has 0 bridgehead atoms. The van der Waals surface area contributed by atoms with E-state index in [1.165, 1.54) is 33.6 Å². The Morgan fingerprint density at radius 1 is 0.972 bits per heavy atom. The van der Waals surface area contributed by atoms with E-state index in [0.717, 1.165) is 0 Å². The van der Waals surface area contributed by atoms with Crippen LogP contribution in [0.3, 0.4) is 0 Å². The number of halogens is 2. The van der Waals surface area contributed by atoms with Crippen LogP contribution in [0.25, 0.3) is 0 Å². The molecule has 9 nitrogen and oxygen atoms in total. The first-order valence-electron chi connectivity index (χ1n) is 10.5. The molecule has 36 heavy (non-hydrogen) atoms. The number of nitrogens with one attached hydrogen (secondary N) is 2. The fraction of sp³-hybridized carbons (Fsp3) is 0.160. The number of amides is 2. The smallest absolute Gasteiger partial charge is 0.329 e. The molecule has 188 valence electrons. The number of hydrogen-bond acceptors (Lipinski definition) is 7. The van der Waals surface area contributed by atoms with Gasteiger partial charge in [-0.25, -0.2) is 9.82 Å². The van der Waals surface area contributed by atoms with Crippen molar-refractivity contribution in [3.8, 4) is 23.0 Å². The predicted molar refractivity (Wildman–Crippen MR) is 135 cm³/mol. The van der Waals surface area contributed by atoms with Crippen molar-refractivity contribution in [2.45, 2.75) is 6.61 Å². The van der Waals surface area contributed by atoms with Gasteiger partial charge < -0.3 is 24.3 Å². The number of anilines is 1. The van der Waals surface area contributed by atoms with Gasteiger partial charge in [-0.05, 0) is 51.8 Å². The van der Waals surface area contributed by atoms with Crippen LogP contribution < -0.4 is 29.7 Å². The minimum absolute atomic E-state index is 0.000775. The molecule has 0 aliphatic rings. The summed E-state index contributed by atoms with van der Waals surface area (Å²) in [5.41, 5.74) is 3.38. The third kappa shape index (κ3) is 6.72.